The van der Waals surface area contributed by atoms with E-state index in [1.54, 1.807) is 0 Å². The summed E-state index contributed by atoms with van der Waals surface area (Å²) in [6, 6.07) is 0. The van der Waals surface area contributed by atoms with Gasteiger partial charge >= 0.3 is 0 Å². The first-order chi connectivity index (χ1) is 6.48. The number of fused-ring (bicyclic) bond motifs is 1. The van der Waals surface area contributed by atoms with Crippen molar-refractivity contribution in [2.24, 2.45) is 5.14 Å². The largest absolute Gasteiger partial charge is 0.474 e. The normalized spacial score (nSPS) is 21.4. The second-order valence-corrected chi connectivity index (χ2v) is 4.54. The zero-order valence-electron chi connectivity index (χ0n) is 7.12. The summed E-state index contributed by atoms with van der Waals surface area (Å²) in [5.74, 6) is 0.0952. The summed E-state index contributed by atoms with van der Waals surface area (Å²) in [5, 5.41) is 17.9. The van der Waals surface area contributed by atoms with E-state index in [2.05, 4.69) is 5.10 Å². The van der Waals surface area contributed by atoms with E-state index >= 15 is 0 Å². The average molecular weight is 219 g/mol. The van der Waals surface area contributed by atoms with Crippen LogP contribution >= 0.6 is 0 Å². The molecule has 0 spiro atoms. The van der Waals surface area contributed by atoms with Crippen LogP contribution in [-0.4, -0.2) is 36.0 Å². The molecule has 0 unspecified atom stereocenters. The molecule has 0 saturated heterocycles. The van der Waals surface area contributed by atoms with E-state index in [4.69, 9.17) is 9.88 Å². The van der Waals surface area contributed by atoms with Gasteiger partial charge in [-0.1, -0.05) is 0 Å². The Bertz CT molecular complexity index is 452. The number of nitrogens with zero attached hydrogens (tertiary/aromatic N) is 2. The Morgan fingerprint density at radius 1 is 1.71 bits per heavy atom. The van der Waals surface area contributed by atoms with Crippen LogP contribution in [0.1, 0.15) is 0 Å². The standard InChI is InChI=1S/C6H9N3O4S/c7-14(11,12)5-1-8-9-2-4(10)3-13-6(5)9/h1,4,10H,2-3H2,(H2,7,11,12)/t4-/m1/s1. The maximum Gasteiger partial charge on any atom is 0.245 e. The predicted octanol–water partition coefficient (Wildman–Crippen LogP) is -1.72. The summed E-state index contributed by atoms with van der Waals surface area (Å²) in [5.41, 5.74) is 0. The number of ether oxygens (including phenoxy) is 1. The molecule has 1 aromatic heterocycles. The van der Waals surface area contributed by atoms with Gasteiger partial charge < -0.3 is 9.84 Å². The smallest absolute Gasteiger partial charge is 0.245 e. The predicted molar refractivity (Wildman–Crippen MR) is 45.1 cm³/mol. The molecule has 7 nitrogen and oxygen atoms in total. The molecular formula is C6H9N3O4S. The van der Waals surface area contributed by atoms with Gasteiger partial charge in [0.15, 0.2) is 4.90 Å². The highest BCUT2D eigenvalue weighted by Gasteiger charge is 2.26. The van der Waals surface area contributed by atoms with Crippen molar-refractivity contribution >= 4 is 10.0 Å². The van der Waals surface area contributed by atoms with Gasteiger partial charge in [0, 0.05) is 0 Å². The first kappa shape index (κ1) is 9.44. The minimum Gasteiger partial charge on any atom is -0.474 e. The Kier molecular flexibility index (Phi) is 1.98. The number of hydrogen-bond donors (Lipinski definition) is 2. The van der Waals surface area contributed by atoms with Crippen LogP contribution in [0.25, 0.3) is 0 Å². The Labute approximate surface area is 80.1 Å². The van der Waals surface area contributed by atoms with Gasteiger partial charge in [0.25, 0.3) is 0 Å². The number of aromatic nitrogens is 2. The van der Waals surface area contributed by atoms with E-state index in [0.29, 0.717) is 0 Å². The number of sulfonamides is 1. The maximum atomic E-state index is 11.0. The molecule has 14 heavy (non-hydrogen) atoms. The van der Waals surface area contributed by atoms with Gasteiger partial charge in [0.2, 0.25) is 15.9 Å². The molecule has 1 aromatic rings. The van der Waals surface area contributed by atoms with Crippen molar-refractivity contribution in [3.63, 3.8) is 0 Å². The van der Waals surface area contributed by atoms with Gasteiger partial charge in [0.1, 0.15) is 12.7 Å². The first-order valence-corrected chi connectivity index (χ1v) is 5.42. The number of aliphatic hydroxyl groups is 1. The van der Waals surface area contributed by atoms with Crippen LogP contribution in [0.3, 0.4) is 0 Å². The molecule has 2 rings (SSSR count). The van der Waals surface area contributed by atoms with Crippen molar-refractivity contribution < 1.29 is 18.3 Å². The lowest BCUT2D eigenvalue weighted by atomic mass is 10.3. The second kappa shape index (κ2) is 2.94. The Hall–Kier alpha value is -1.12. The third-order valence-electron chi connectivity index (χ3n) is 1.86. The molecule has 0 aromatic carbocycles. The van der Waals surface area contributed by atoms with Crippen LogP contribution in [0, 0.1) is 0 Å². The van der Waals surface area contributed by atoms with Gasteiger partial charge in [-0.15, -0.1) is 0 Å². The molecule has 3 N–H and O–H groups in total. The molecule has 8 heteroatoms. The molecule has 78 valence electrons. The summed E-state index contributed by atoms with van der Waals surface area (Å²) >= 11 is 0. The van der Waals surface area contributed by atoms with Crippen molar-refractivity contribution in [3.8, 4) is 5.88 Å². The van der Waals surface area contributed by atoms with Crippen LogP contribution in [-0.2, 0) is 16.6 Å². The average Bonchev–Trinajstić information content (AvgIpc) is 2.45. The van der Waals surface area contributed by atoms with Crippen LogP contribution in [0.15, 0.2) is 11.1 Å². The summed E-state index contributed by atoms with van der Waals surface area (Å²) in [7, 11) is -3.81. The number of aliphatic hydroxyl groups excluding tert-OH is 1. The quantitative estimate of drug-likeness (QED) is 0.584. The lowest BCUT2D eigenvalue weighted by molar-refractivity contribution is 0.0537. The fourth-order valence-corrected chi connectivity index (χ4v) is 1.86. The molecule has 0 radical (unpaired) electrons. The van der Waals surface area contributed by atoms with E-state index in [-0.39, 0.29) is 23.9 Å². The minimum atomic E-state index is -3.81. The van der Waals surface area contributed by atoms with Crippen LogP contribution < -0.4 is 9.88 Å². The molecule has 0 fully saturated rings. The number of rotatable bonds is 1. The molecule has 0 bridgehead atoms. The molecule has 0 saturated carbocycles. The van der Waals surface area contributed by atoms with E-state index in [9.17, 15) is 13.5 Å². The van der Waals surface area contributed by atoms with Crippen molar-refractivity contribution in [1.29, 1.82) is 0 Å². The molecule has 1 atom stereocenters. The number of primary sulfonamides is 1. The van der Waals surface area contributed by atoms with E-state index in [1.165, 1.54) is 4.68 Å². The maximum absolute atomic E-state index is 11.0. The molecular weight excluding hydrogens is 210 g/mol. The van der Waals surface area contributed by atoms with Crippen molar-refractivity contribution in [3.05, 3.63) is 6.20 Å². The van der Waals surface area contributed by atoms with E-state index in [0.717, 1.165) is 6.20 Å². The third kappa shape index (κ3) is 1.47. The Morgan fingerprint density at radius 3 is 3.07 bits per heavy atom. The molecule has 1 aliphatic rings. The third-order valence-corrected chi connectivity index (χ3v) is 2.76. The highest BCUT2D eigenvalue weighted by Crippen LogP contribution is 2.25. The summed E-state index contributed by atoms with van der Waals surface area (Å²) in [6.45, 7) is 0.263. The van der Waals surface area contributed by atoms with Gasteiger partial charge in [-0.2, -0.15) is 5.10 Å². The van der Waals surface area contributed by atoms with Gasteiger partial charge in [-0.05, 0) is 0 Å². The highest BCUT2D eigenvalue weighted by atomic mass is 32.2. The van der Waals surface area contributed by atoms with Crippen molar-refractivity contribution in [2.45, 2.75) is 17.5 Å². The number of nitrogens with two attached hydrogens (primary N) is 1. The van der Waals surface area contributed by atoms with Crippen molar-refractivity contribution in [2.75, 3.05) is 6.61 Å². The summed E-state index contributed by atoms with van der Waals surface area (Å²) in [6.07, 6.45) is 0.443. The zero-order valence-corrected chi connectivity index (χ0v) is 7.94. The van der Waals surface area contributed by atoms with Crippen LogP contribution in [0.4, 0.5) is 0 Å². The van der Waals surface area contributed by atoms with Crippen molar-refractivity contribution in [1.82, 2.24) is 9.78 Å². The topological polar surface area (TPSA) is 107 Å². The summed E-state index contributed by atoms with van der Waals surface area (Å²) in [4.78, 5) is -0.149. The fraction of sp³-hybridized carbons (Fsp3) is 0.500. The first-order valence-electron chi connectivity index (χ1n) is 3.88. The summed E-state index contributed by atoms with van der Waals surface area (Å²) < 4.78 is 28.4. The zero-order chi connectivity index (χ0) is 10.3. The number of hydrogen-bond acceptors (Lipinski definition) is 5. The monoisotopic (exact) mass is 219 g/mol. The Morgan fingerprint density at radius 2 is 2.43 bits per heavy atom. The van der Waals surface area contributed by atoms with Crippen LogP contribution in [0.2, 0.25) is 0 Å². The second-order valence-electron chi connectivity index (χ2n) is 3.01. The van der Waals surface area contributed by atoms with Gasteiger partial charge in [-0.3, -0.25) is 0 Å². The van der Waals surface area contributed by atoms with E-state index < -0.39 is 16.1 Å². The minimum absolute atomic E-state index is 0.0498. The van der Waals surface area contributed by atoms with Gasteiger partial charge in [-0.25, -0.2) is 18.2 Å². The Balaban J connectivity index is 2.49. The van der Waals surface area contributed by atoms with Crippen LogP contribution in [0.5, 0.6) is 5.88 Å². The lowest BCUT2D eigenvalue weighted by Gasteiger charge is -2.20. The van der Waals surface area contributed by atoms with E-state index in [1.807, 2.05) is 0 Å². The lowest BCUT2D eigenvalue weighted by Crippen LogP contribution is -2.30. The molecule has 0 aliphatic carbocycles. The molecule has 1 aliphatic heterocycles. The molecule has 0 amide bonds. The SMILES string of the molecule is NS(=O)(=O)c1cnn2c1OC[C@H](O)C2. The van der Waals surface area contributed by atoms with Gasteiger partial charge in [0.05, 0.1) is 12.7 Å². The fourth-order valence-electron chi connectivity index (χ4n) is 1.26. The highest BCUT2D eigenvalue weighted by molar-refractivity contribution is 7.89. The molecule has 2 heterocycles.